The first-order valence-corrected chi connectivity index (χ1v) is 11.7. The fourth-order valence-electron chi connectivity index (χ4n) is 5.05. The van der Waals surface area contributed by atoms with E-state index in [9.17, 15) is 22.8 Å². The molecule has 0 bridgehead atoms. The van der Waals surface area contributed by atoms with Crippen LogP contribution in [-0.4, -0.2) is 37.6 Å². The van der Waals surface area contributed by atoms with Crippen LogP contribution in [-0.2, 0) is 4.79 Å². The van der Waals surface area contributed by atoms with Gasteiger partial charge in [0.2, 0.25) is 0 Å². The summed E-state index contributed by atoms with van der Waals surface area (Å²) in [4.78, 5) is 28.7. The van der Waals surface area contributed by atoms with Crippen molar-refractivity contribution in [3.05, 3.63) is 83.9 Å². The Balaban J connectivity index is 1.49. The van der Waals surface area contributed by atoms with E-state index in [0.29, 0.717) is 30.6 Å². The highest BCUT2D eigenvalue weighted by Crippen LogP contribution is 2.48. The number of amides is 2. The molecule has 1 saturated heterocycles. The van der Waals surface area contributed by atoms with Crippen LogP contribution >= 0.6 is 0 Å². The summed E-state index contributed by atoms with van der Waals surface area (Å²) in [6.07, 6.45) is -4.20. The number of fused-ring (bicyclic) bond motifs is 5. The predicted molar refractivity (Wildman–Crippen MR) is 133 cm³/mol. The molecular formula is C27H25F3N4O2. The van der Waals surface area contributed by atoms with E-state index in [-0.39, 0.29) is 11.9 Å². The number of hydrogen-bond donors (Lipinski definition) is 2. The van der Waals surface area contributed by atoms with Crippen LogP contribution < -0.4 is 20.4 Å². The van der Waals surface area contributed by atoms with Crippen molar-refractivity contribution in [1.82, 2.24) is 5.32 Å². The lowest BCUT2D eigenvalue weighted by molar-refractivity contribution is -0.174. The van der Waals surface area contributed by atoms with Crippen molar-refractivity contribution < 1.29 is 22.8 Å². The number of nitrogens with zero attached hydrogens (tertiary/aromatic N) is 2. The third-order valence-corrected chi connectivity index (χ3v) is 6.79. The number of para-hydroxylation sites is 2. The van der Waals surface area contributed by atoms with Crippen LogP contribution in [0.5, 0.6) is 0 Å². The van der Waals surface area contributed by atoms with E-state index in [4.69, 9.17) is 0 Å². The summed E-state index contributed by atoms with van der Waals surface area (Å²) in [5.41, 5.74) is 4.75. The smallest absolute Gasteiger partial charge is 0.363 e. The highest BCUT2D eigenvalue weighted by Gasteiger charge is 2.42. The summed E-state index contributed by atoms with van der Waals surface area (Å²) in [7, 11) is 1.91. The molecule has 2 heterocycles. The largest absolute Gasteiger partial charge is 0.471 e. The maximum Gasteiger partial charge on any atom is 0.471 e. The van der Waals surface area contributed by atoms with Crippen LogP contribution in [0, 0.1) is 0 Å². The van der Waals surface area contributed by atoms with Gasteiger partial charge in [-0.05, 0) is 54.8 Å². The van der Waals surface area contributed by atoms with Crippen LogP contribution in [0.2, 0.25) is 0 Å². The standard InChI is InChI=1S/C27H25F3N4O2/c1-33-21-10-6-5-9-20(21)23-16-19(32-26(36)27(28,29)30)13-14-34(23)22-12-11-17(15-24(22)33)25(35)31-18-7-3-2-4-8-18/h2-12,15,19,23H,13-14,16H2,1H3,(H,31,35)(H,32,36)/t19-,23-/m1/s1. The van der Waals surface area contributed by atoms with E-state index in [1.807, 2.05) is 78.7 Å². The summed E-state index contributed by atoms with van der Waals surface area (Å²) in [6, 6.07) is 21.6. The Bertz CT molecular complexity index is 1300. The highest BCUT2D eigenvalue weighted by molar-refractivity contribution is 6.05. The van der Waals surface area contributed by atoms with Gasteiger partial charge in [0.25, 0.3) is 5.91 Å². The second kappa shape index (κ2) is 9.22. The van der Waals surface area contributed by atoms with Crippen molar-refractivity contribution in [1.29, 1.82) is 0 Å². The molecule has 186 valence electrons. The summed E-state index contributed by atoms with van der Waals surface area (Å²) in [5, 5.41) is 5.07. The van der Waals surface area contributed by atoms with Gasteiger partial charge in [-0.15, -0.1) is 0 Å². The van der Waals surface area contributed by atoms with Crippen molar-refractivity contribution in [3.63, 3.8) is 0 Å². The number of nitrogens with one attached hydrogen (secondary N) is 2. The molecule has 0 radical (unpaired) electrons. The maximum atomic E-state index is 13.0. The molecule has 6 nitrogen and oxygen atoms in total. The van der Waals surface area contributed by atoms with Gasteiger partial charge in [-0.25, -0.2) is 0 Å². The van der Waals surface area contributed by atoms with Crippen LogP contribution in [0.25, 0.3) is 0 Å². The van der Waals surface area contributed by atoms with Crippen molar-refractivity contribution in [2.24, 2.45) is 0 Å². The first kappa shape index (κ1) is 23.7. The molecule has 3 aromatic rings. The molecule has 2 atom stereocenters. The predicted octanol–water partition coefficient (Wildman–Crippen LogP) is 5.41. The number of alkyl halides is 3. The van der Waals surface area contributed by atoms with Crippen LogP contribution in [0.1, 0.15) is 34.8 Å². The summed E-state index contributed by atoms with van der Waals surface area (Å²) >= 11 is 0. The van der Waals surface area contributed by atoms with Crippen LogP contribution in [0.15, 0.2) is 72.8 Å². The van der Waals surface area contributed by atoms with E-state index in [2.05, 4.69) is 15.5 Å². The molecule has 0 spiro atoms. The second-order valence-electron chi connectivity index (χ2n) is 9.04. The van der Waals surface area contributed by atoms with Crippen molar-refractivity contribution in [2.45, 2.75) is 31.1 Å². The van der Waals surface area contributed by atoms with E-state index >= 15 is 0 Å². The molecule has 0 aromatic heterocycles. The van der Waals surface area contributed by atoms with Gasteiger partial charge >= 0.3 is 12.1 Å². The Morgan fingerprint density at radius 2 is 1.64 bits per heavy atom. The zero-order chi connectivity index (χ0) is 25.4. The van der Waals surface area contributed by atoms with Crippen molar-refractivity contribution in [2.75, 3.05) is 28.7 Å². The Hall–Kier alpha value is -4.01. The minimum atomic E-state index is -4.91. The number of hydrogen-bond acceptors (Lipinski definition) is 4. The number of rotatable bonds is 3. The van der Waals surface area contributed by atoms with Gasteiger partial charge in [-0.3, -0.25) is 9.59 Å². The number of carbonyl (C=O) groups excluding carboxylic acids is 2. The zero-order valence-electron chi connectivity index (χ0n) is 19.5. The lowest BCUT2D eigenvalue weighted by Gasteiger charge is -2.41. The summed E-state index contributed by atoms with van der Waals surface area (Å²) in [5.74, 6) is -2.14. The molecule has 2 aliphatic heterocycles. The number of carbonyl (C=O) groups is 2. The average molecular weight is 495 g/mol. The minimum absolute atomic E-state index is 0.235. The van der Waals surface area contributed by atoms with Gasteiger partial charge in [0.1, 0.15) is 0 Å². The molecule has 0 aliphatic carbocycles. The quantitative estimate of drug-likeness (QED) is 0.511. The molecule has 2 aliphatic rings. The lowest BCUT2D eigenvalue weighted by Crippen LogP contribution is -2.49. The number of anilines is 4. The van der Waals surface area contributed by atoms with Gasteiger partial charge in [0.15, 0.2) is 0 Å². The number of halogens is 3. The molecule has 36 heavy (non-hydrogen) atoms. The van der Waals surface area contributed by atoms with Gasteiger partial charge in [-0.2, -0.15) is 13.2 Å². The molecular weight excluding hydrogens is 469 g/mol. The third kappa shape index (κ3) is 4.48. The Morgan fingerprint density at radius 3 is 2.39 bits per heavy atom. The van der Waals surface area contributed by atoms with E-state index in [1.165, 1.54) is 0 Å². The van der Waals surface area contributed by atoms with Crippen molar-refractivity contribution >= 4 is 34.6 Å². The Labute approximate surface area is 206 Å². The van der Waals surface area contributed by atoms with Gasteiger partial charge < -0.3 is 20.4 Å². The monoisotopic (exact) mass is 494 g/mol. The maximum absolute atomic E-state index is 13.0. The first-order chi connectivity index (χ1) is 17.2. The number of benzene rings is 3. The molecule has 9 heteroatoms. The third-order valence-electron chi connectivity index (χ3n) is 6.79. The SMILES string of the molecule is CN1c2ccccc2[C@H]2C[C@H](NC(=O)C(F)(F)F)CCN2c2ccc(C(=O)Nc3ccccc3)cc21. The fourth-order valence-corrected chi connectivity index (χ4v) is 5.05. The molecule has 0 unspecified atom stereocenters. The molecule has 2 amide bonds. The fraction of sp³-hybridized carbons (Fsp3) is 0.259. The van der Waals surface area contributed by atoms with E-state index in [0.717, 1.165) is 22.6 Å². The Kier molecular flexibility index (Phi) is 6.07. The number of piperidine rings is 1. The summed E-state index contributed by atoms with van der Waals surface area (Å²) < 4.78 is 38.6. The molecule has 0 saturated carbocycles. The molecule has 2 N–H and O–H groups in total. The molecule has 3 aromatic carbocycles. The molecule has 5 rings (SSSR count). The van der Waals surface area contributed by atoms with Crippen LogP contribution in [0.3, 0.4) is 0 Å². The average Bonchev–Trinajstić information content (AvgIpc) is 2.97. The minimum Gasteiger partial charge on any atom is -0.363 e. The van der Waals surface area contributed by atoms with Gasteiger partial charge in [-0.1, -0.05) is 36.4 Å². The van der Waals surface area contributed by atoms with E-state index < -0.39 is 18.1 Å². The summed E-state index contributed by atoms with van der Waals surface area (Å²) in [6.45, 7) is 0.457. The Morgan fingerprint density at radius 1 is 0.917 bits per heavy atom. The first-order valence-electron chi connectivity index (χ1n) is 11.7. The second-order valence-corrected chi connectivity index (χ2v) is 9.04. The van der Waals surface area contributed by atoms with Gasteiger partial charge in [0, 0.05) is 36.6 Å². The topological polar surface area (TPSA) is 64.7 Å². The molecule has 1 fully saturated rings. The zero-order valence-corrected chi connectivity index (χ0v) is 19.5. The highest BCUT2D eigenvalue weighted by atomic mass is 19.4. The van der Waals surface area contributed by atoms with Crippen LogP contribution in [0.4, 0.5) is 35.9 Å². The normalized spacial score (nSPS) is 18.9. The van der Waals surface area contributed by atoms with Crippen molar-refractivity contribution in [3.8, 4) is 0 Å². The van der Waals surface area contributed by atoms with Gasteiger partial charge in [0.05, 0.1) is 17.4 Å². The van der Waals surface area contributed by atoms with E-state index in [1.54, 1.807) is 6.07 Å². The lowest BCUT2D eigenvalue weighted by atomic mass is 9.90.